The lowest BCUT2D eigenvalue weighted by Crippen LogP contribution is -2.37. The van der Waals surface area contributed by atoms with Crippen molar-refractivity contribution in [1.29, 1.82) is 0 Å². The molecule has 1 N–H and O–H groups in total. The summed E-state index contributed by atoms with van der Waals surface area (Å²) in [4.78, 5) is 12.4. The third kappa shape index (κ3) is 3.73. The number of amides is 1. The van der Waals surface area contributed by atoms with Gasteiger partial charge in [0.15, 0.2) is 6.10 Å². The summed E-state index contributed by atoms with van der Waals surface area (Å²) in [5, 5.41) is 7.79. The molecule has 0 aliphatic carbocycles. The summed E-state index contributed by atoms with van der Waals surface area (Å²) in [6, 6.07) is 15.5. The van der Waals surface area contributed by atoms with Crippen LogP contribution in [0.2, 0.25) is 5.02 Å². The molecule has 0 saturated carbocycles. The molecule has 0 bridgehead atoms. The molecule has 0 fully saturated rings. The number of fused-ring (bicyclic) bond motifs is 1. The van der Waals surface area contributed by atoms with Crippen molar-refractivity contribution in [2.75, 3.05) is 0 Å². The van der Waals surface area contributed by atoms with Gasteiger partial charge in [-0.2, -0.15) is 5.10 Å². The highest BCUT2D eigenvalue weighted by Gasteiger charge is 2.28. The Kier molecular flexibility index (Phi) is 4.63. The van der Waals surface area contributed by atoms with Crippen molar-refractivity contribution in [1.82, 2.24) is 15.1 Å². The van der Waals surface area contributed by atoms with E-state index in [0.717, 1.165) is 29.0 Å². The summed E-state index contributed by atoms with van der Waals surface area (Å²) < 4.78 is 7.58. The number of halogens is 1. The smallest absolute Gasteiger partial charge is 0.261 e. The van der Waals surface area contributed by atoms with Crippen LogP contribution in [0, 0.1) is 0 Å². The monoisotopic (exact) mass is 367 g/mol. The van der Waals surface area contributed by atoms with E-state index in [2.05, 4.69) is 10.4 Å². The second-order valence-corrected chi connectivity index (χ2v) is 6.74. The van der Waals surface area contributed by atoms with Gasteiger partial charge in [-0.05, 0) is 41.0 Å². The summed E-state index contributed by atoms with van der Waals surface area (Å²) in [6.45, 7) is 1.20. The maximum absolute atomic E-state index is 12.4. The molecule has 26 heavy (non-hydrogen) atoms. The Morgan fingerprint density at radius 1 is 1.23 bits per heavy atom. The number of nitrogens with zero attached hydrogens (tertiary/aromatic N) is 2. The molecule has 5 nitrogen and oxygen atoms in total. The van der Waals surface area contributed by atoms with Gasteiger partial charge in [0.2, 0.25) is 0 Å². The zero-order valence-corrected chi connectivity index (χ0v) is 14.8. The van der Waals surface area contributed by atoms with Crippen LogP contribution in [0.1, 0.15) is 16.7 Å². The predicted molar refractivity (Wildman–Crippen MR) is 99.2 cm³/mol. The van der Waals surface area contributed by atoms with Gasteiger partial charge >= 0.3 is 0 Å². The number of nitrogens with one attached hydrogen (secondary N) is 1. The number of hydrogen-bond donors (Lipinski definition) is 1. The maximum atomic E-state index is 12.4. The van der Waals surface area contributed by atoms with Gasteiger partial charge in [0.25, 0.3) is 5.91 Å². The summed E-state index contributed by atoms with van der Waals surface area (Å²) in [7, 11) is 0. The van der Waals surface area contributed by atoms with Gasteiger partial charge in [-0.15, -0.1) is 0 Å². The topological polar surface area (TPSA) is 56.2 Å². The van der Waals surface area contributed by atoms with Gasteiger partial charge < -0.3 is 10.1 Å². The molecule has 132 valence electrons. The van der Waals surface area contributed by atoms with E-state index in [9.17, 15) is 4.79 Å². The van der Waals surface area contributed by atoms with Gasteiger partial charge in [-0.25, -0.2) is 0 Å². The van der Waals surface area contributed by atoms with Crippen molar-refractivity contribution >= 4 is 17.5 Å². The number of carbonyl (C=O) groups excluding carboxylic acids is 1. The lowest BCUT2D eigenvalue weighted by atomic mass is 10.1. The summed E-state index contributed by atoms with van der Waals surface area (Å²) in [6.07, 6.45) is 3.75. The molecule has 0 saturated heterocycles. The Bertz CT molecular complexity index is 907. The van der Waals surface area contributed by atoms with Gasteiger partial charge in [0.1, 0.15) is 5.75 Å². The van der Waals surface area contributed by atoms with Crippen LogP contribution in [0.5, 0.6) is 5.75 Å². The van der Waals surface area contributed by atoms with Crippen molar-refractivity contribution < 1.29 is 9.53 Å². The fourth-order valence-electron chi connectivity index (χ4n) is 3.01. The highest BCUT2D eigenvalue weighted by atomic mass is 35.5. The second kappa shape index (κ2) is 7.22. The van der Waals surface area contributed by atoms with E-state index < -0.39 is 6.10 Å². The highest BCUT2D eigenvalue weighted by Crippen LogP contribution is 2.31. The molecule has 1 aromatic heterocycles. The SMILES string of the molecule is O=C(NCc1ccc(Cn2cccn2)cc1)[C@@H]1Cc2cc(Cl)ccc2O1. The van der Waals surface area contributed by atoms with Crippen molar-refractivity contribution in [3.8, 4) is 5.75 Å². The highest BCUT2D eigenvalue weighted by molar-refractivity contribution is 6.30. The van der Waals surface area contributed by atoms with Crippen molar-refractivity contribution in [3.63, 3.8) is 0 Å². The van der Waals surface area contributed by atoms with E-state index in [1.165, 1.54) is 0 Å². The third-order valence-corrected chi connectivity index (χ3v) is 4.62. The third-order valence-electron chi connectivity index (χ3n) is 4.38. The van der Waals surface area contributed by atoms with Crippen LogP contribution in [-0.4, -0.2) is 21.8 Å². The normalized spacial score (nSPS) is 15.3. The Hall–Kier alpha value is -2.79. The lowest BCUT2D eigenvalue weighted by molar-refractivity contribution is -0.127. The summed E-state index contributed by atoms with van der Waals surface area (Å²) in [5.74, 6) is 0.621. The first-order valence-electron chi connectivity index (χ1n) is 8.45. The second-order valence-electron chi connectivity index (χ2n) is 6.30. The molecular weight excluding hydrogens is 350 g/mol. The largest absolute Gasteiger partial charge is 0.480 e. The van der Waals surface area contributed by atoms with Crippen LogP contribution in [0.4, 0.5) is 0 Å². The fraction of sp³-hybridized carbons (Fsp3) is 0.200. The van der Waals surface area contributed by atoms with E-state index in [1.54, 1.807) is 12.3 Å². The number of aromatic nitrogens is 2. The Balaban J connectivity index is 1.31. The molecule has 0 spiro atoms. The molecule has 1 aliphatic heterocycles. The van der Waals surface area contributed by atoms with E-state index >= 15 is 0 Å². The molecule has 0 radical (unpaired) electrons. The Labute approximate surface area is 156 Å². The number of hydrogen-bond acceptors (Lipinski definition) is 3. The van der Waals surface area contributed by atoms with Crippen LogP contribution < -0.4 is 10.1 Å². The number of carbonyl (C=O) groups is 1. The molecule has 1 atom stereocenters. The molecule has 6 heteroatoms. The molecule has 1 amide bonds. The van der Waals surface area contributed by atoms with Gasteiger partial charge in [-0.1, -0.05) is 35.9 Å². The van der Waals surface area contributed by atoms with Crippen LogP contribution in [0.15, 0.2) is 60.9 Å². The first-order valence-corrected chi connectivity index (χ1v) is 8.83. The Morgan fingerprint density at radius 3 is 2.81 bits per heavy atom. The quantitative estimate of drug-likeness (QED) is 0.753. The van der Waals surface area contributed by atoms with E-state index in [4.69, 9.17) is 16.3 Å². The van der Waals surface area contributed by atoms with E-state index in [-0.39, 0.29) is 5.91 Å². The number of benzene rings is 2. The minimum absolute atomic E-state index is 0.113. The minimum Gasteiger partial charge on any atom is -0.480 e. The molecule has 2 heterocycles. The minimum atomic E-state index is -0.498. The molecular formula is C20H18ClN3O2. The maximum Gasteiger partial charge on any atom is 0.261 e. The first kappa shape index (κ1) is 16.7. The molecule has 3 aromatic rings. The summed E-state index contributed by atoms with van der Waals surface area (Å²) >= 11 is 5.99. The van der Waals surface area contributed by atoms with Crippen LogP contribution in [0.3, 0.4) is 0 Å². The number of ether oxygens (including phenoxy) is 1. The zero-order valence-electron chi connectivity index (χ0n) is 14.1. The average molecular weight is 368 g/mol. The van der Waals surface area contributed by atoms with E-state index in [1.807, 2.05) is 53.3 Å². The molecule has 4 rings (SSSR count). The zero-order chi connectivity index (χ0) is 17.9. The van der Waals surface area contributed by atoms with Gasteiger partial charge in [-0.3, -0.25) is 9.48 Å². The predicted octanol–water partition coefficient (Wildman–Crippen LogP) is 3.20. The van der Waals surface area contributed by atoms with Crippen molar-refractivity contribution in [2.45, 2.75) is 25.6 Å². The fourth-order valence-corrected chi connectivity index (χ4v) is 3.20. The van der Waals surface area contributed by atoms with E-state index in [0.29, 0.717) is 18.0 Å². The summed E-state index contributed by atoms with van der Waals surface area (Å²) in [5.41, 5.74) is 3.18. The molecule has 1 aliphatic rings. The molecule has 0 unspecified atom stereocenters. The standard InChI is InChI=1S/C20H18ClN3O2/c21-17-6-7-18-16(10-17)11-19(26-18)20(25)22-12-14-2-4-15(5-3-14)13-24-9-1-8-23-24/h1-10,19H,11-13H2,(H,22,25)/t19-/m0/s1. The van der Waals surface area contributed by atoms with Crippen LogP contribution in [0.25, 0.3) is 0 Å². The van der Waals surface area contributed by atoms with Crippen molar-refractivity contribution in [3.05, 3.63) is 82.6 Å². The van der Waals surface area contributed by atoms with Crippen molar-refractivity contribution in [2.24, 2.45) is 0 Å². The lowest BCUT2D eigenvalue weighted by Gasteiger charge is -2.11. The molecule has 2 aromatic carbocycles. The van der Waals surface area contributed by atoms with Crippen LogP contribution in [-0.2, 0) is 24.3 Å². The van der Waals surface area contributed by atoms with Gasteiger partial charge in [0, 0.05) is 30.4 Å². The first-order chi connectivity index (χ1) is 12.7. The van der Waals surface area contributed by atoms with Crippen LogP contribution >= 0.6 is 11.6 Å². The van der Waals surface area contributed by atoms with Gasteiger partial charge in [0.05, 0.1) is 6.54 Å². The number of rotatable bonds is 5. The average Bonchev–Trinajstić information content (AvgIpc) is 3.30. The Morgan fingerprint density at radius 2 is 2.04 bits per heavy atom.